The molecule has 1 fully saturated rings. The maximum atomic E-state index is 13.0. The van der Waals surface area contributed by atoms with Crippen molar-refractivity contribution in [3.05, 3.63) is 53.1 Å². The zero-order valence-corrected chi connectivity index (χ0v) is 17.7. The quantitative estimate of drug-likeness (QED) is 0.694. The van der Waals surface area contributed by atoms with Gasteiger partial charge in [-0.2, -0.15) is 5.11 Å². The number of rotatable bonds is 6. The lowest BCUT2D eigenvalue weighted by Crippen LogP contribution is -2.43. The van der Waals surface area contributed by atoms with E-state index in [1.54, 1.807) is 42.5 Å². The first-order valence-corrected chi connectivity index (χ1v) is 10.1. The molecule has 2 atom stereocenters. The second-order valence-corrected chi connectivity index (χ2v) is 7.57. The number of hydrogen-bond acceptors (Lipinski definition) is 7. The monoisotopic (exact) mass is 441 g/mol. The van der Waals surface area contributed by atoms with Crippen LogP contribution in [-0.2, 0) is 14.4 Å². The Labute approximate surface area is 183 Å². The number of aryl methyl sites for hydroxylation is 1. The third-order valence-electron chi connectivity index (χ3n) is 5.04. The van der Waals surface area contributed by atoms with Crippen LogP contribution >= 0.6 is 11.6 Å². The van der Waals surface area contributed by atoms with E-state index < -0.39 is 29.8 Å². The van der Waals surface area contributed by atoms with E-state index in [0.29, 0.717) is 28.8 Å². The average Bonchev–Trinajstić information content (AvgIpc) is 3.25. The van der Waals surface area contributed by atoms with Crippen molar-refractivity contribution in [1.82, 2.24) is 5.01 Å². The molecule has 4 rings (SSSR count). The van der Waals surface area contributed by atoms with Crippen LogP contribution in [0.3, 0.4) is 0 Å². The number of halogens is 1. The summed E-state index contributed by atoms with van der Waals surface area (Å²) in [7, 11) is 0. The van der Waals surface area contributed by atoms with Crippen molar-refractivity contribution in [2.45, 2.75) is 25.9 Å². The van der Waals surface area contributed by atoms with Crippen LogP contribution in [0.25, 0.3) is 0 Å². The molecule has 0 radical (unpaired) electrons. The highest BCUT2D eigenvalue weighted by Crippen LogP contribution is 2.32. The minimum atomic E-state index is -0.972. The van der Waals surface area contributed by atoms with Gasteiger partial charge >= 0.3 is 0 Å². The molecule has 1 saturated heterocycles. The number of carbonyl (C=O) groups is 3. The highest BCUT2D eigenvalue weighted by Gasteiger charge is 2.55. The number of carbonyl (C=O) groups excluding carboxylic acids is 3. The highest BCUT2D eigenvalue weighted by molar-refractivity contribution is 6.31. The fourth-order valence-electron chi connectivity index (χ4n) is 3.53. The fourth-order valence-corrected chi connectivity index (χ4v) is 3.70. The molecule has 2 aliphatic heterocycles. The smallest absolute Gasteiger partial charge is 0.263 e. The average molecular weight is 442 g/mol. The first-order valence-electron chi connectivity index (χ1n) is 9.73. The minimum Gasteiger partial charge on any atom is -0.494 e. The molecule has 2 unspecified atom stereocenters. The summed E-state index contributed by atoms with van der Waals surface area (Å²) in [6, 6.07) is 9.88. The minimum absolute atomic E-state index is 0.229. The third kappa shape index (κ3) is 3.96. The summed E-state index contributed by atoms with van der Waals surface area (Å²) in [5.41, 5.74) is 1.82. The number of fused-ring (bicyclic) bond motifs is 1. The molecule has 0 spiro atoms. The number of anilines is 2. The van der Waals surface area contributed by atoms with Gasteiger partial charge in [-0.1, -0.05) is 22.9 Å². The number of ether oxygens (including phenoxy) is 1. The van der Waals surface area contributed by atoms with E-state index in [0.717, 1.165) is 10.5 Å². The van der Waals surface area contributed by atoms with E-state index in [-0.39, 0.29) is 6.54 Å². The highest BCUT2D eigenvalue weighted by atomic mass is 35.5. The first kappa shape index (κ1) is 20.8. The molecule has 0 bridgehead atoms. The Hall–Kier alpha value is -3.46. The SMILES string of the molecule is CCOc1ccc(N2C(=O)C3N=NN(CC(=O)Nc4cc(Cl)ccc4C)C3C2=O)cc1. The van der Waals surface area contributed by atoms with Gasteiger partial charge in [0.1, 0.15) is 12.3 Å². The van der Waals surface area contributed by atoms with E-state index in [1.807, 2.05) is 13.8 Å². The van der Waals surface area contributed by atoms with Crippen LogP contribution in [0.1, 0.15) is 12.5 Å². The van der Waals surface area contributed by atoms with E-state index >= 15 is 0 Å². The van der Waals surface area contributed by atoms with Crippen molar-refractivity contribution in [3.63, 3.8) is 0 Å². The van der Waals surface area contributed by atoms with Gasteiger partial charge in [0.15, 0.2) is 12.1 Å². The van der Waals surface area contributed by atoms with Gasteiger partial charge in [0.05, 0.1) is 12.3 Å². The molecule has 2 heterocycles. The number of amides is 3. The van der Waals surface area contributed by atoms with Gasteiger partial charge in [0, 0.05) is 10.7 Å². The second-order valence-electron chi connectivity index (χ2n) is 7.14. The van der Waals surface area contributed by atoms with Gasteiger partial charge in [0.2, 0.25) is 5.91 Å². The number of benzene rings is 2. The van der Waals surface area contributed by atoms with Crippen molar-refractivity contribution in [2.75, 3.05) is 23.4 Å². The Morgan fingerprint density at radius 1 is 1.16 bits per heavy atom. The van der Waals surface area contributed by atoms with Crippen LogP contribution in [0.2, 0.25) is 5.02 Å². The lowest BCUT2D eigenvalue weighted by molar-refractivity contribution is -0.123. The zero-order chi connectivity index (χ0) is 22.1. The Kier molecular flexibility index (Phi) is 5.60. The fraction of sp³-hybridized carbons (Fsp3) is 0.286. The van der Waals surface area contributed by atoms with Crippen LogP contribution in [-0.4, -0.2) is 48.0 Å². The van der Waals surface area contributed by atoms with Crippen molar-refractivity contribution in [2.24, 2.45) is 10.3 Å². The van der Waals surface area contributed by atoms with Gasteiger partial charge in [-0.15, -0.1) is 0 Å². The Morgan fingerprint density at radius 2 is 1.90 bits per heavy atom. The number of nitrogens with one attached hydrogen (secondary N) is 1. The van der Waals surface area contributed by atoms with Gasteiger partial charge in [0.25, 0.3) is 11.8 Å². The maximum absolute atomic E-state index is 13.0. The summed E-state index contributed by atoms with van der Waals surface area (Å²) in [6.45, 7) is 3.99. The van der Waals surface area contributed by atoms with Gasteiger partial charge in [-0.25, -0.2) is 4.90 Å². The summed E-state index contributed by atoms with van der Waals surface area (Å²) in [5, 5.41) is 12.3. The lowest BCUT2D eigenvalue weighted by atomic mass is 10.1. The first-order chi connectivity index (χ1) is 14.9. The Bertz CT molecular complexity index is 1070. The molecule has 2 aromatic carbocycles. The van der Waals surface area contributed by atoms with E-state index in [9.17, 15) is 14.4 Å². The molecule has 10 heteroatoms. The topological polar surface area (TPSA) is 104 Å². The van der Waals surface area contributed by atoms with Crippen LogP contribution in [0.4, 0.5) is 11.4 Å². The largest absolute Gasteiger partial charge is 0.494 e. The molecule has 0 aliphatic carbocycles. The molecular weight excluding hydrogens is 422 g/mol. The second kappa shape index (κ2) is 8.35. The summed E-state index contributed by atoms with van der Waals surface area (Å²) < 4.78 is 5.39. The normalized spacial score (nSPS) is 19.7. The Morgan fingerprint density at radius 3 is 2.61 bits per heavy atom. The van der Waals surface area contributed by atoms with Crippen LogP contribution in [0, 0.1) is 6.92 Å². The maximum Gasteiger partial charge on any atom is 0.263 e. The van der Waals surface area contributed by atoms with Crippen molar-refractivity contribution < 1.29 is 19.1 Å². The molecule has 2 aliphatic rings. The summed E-state index contributed by atoms with van der Waals surface area (Å²) >= 11 is 5.99. The summed E-state index contributed by atoms with van der Waals surface area (Å²) in [5.74, 6) is -0.711. The third-order valence-corrected chi connectivity index (χ3v) is 5.28. The summed E-state index contributed by atoms with van der Waals surface area (Å²) in [4.78, 5) is 39.4. The van der Waals surface area contributed by atoms with Crippen molar-refractivity contribution in [1.29, 1.82) is 0 Å². The lowest BCUT2D eigenvalue weighted by Gasteiger charge is -2.20. The number of nitrogens with zero attached hydrogens (tertiary/aromatic N) is 4. The standard InChI is InChI=1S/C21H20ClN5O4/c1-3-31-15-8-6-14(7-9-15)27-20(29)18-19(21(27)30)26(25-24-18)11-17(28)23-16-10-13(22)5-4-12(16)2/h4-10,18-19H,3,11H2,1-2H3,(H,23,28). The van der Waals surface area contributed by atoms with Crippen LogP contribution in [0.5, 0.6) is 5.75 Å². The predicted molar refractivity (Wildman–Crippen MR) is 114 cm³/mol. The summed E-state index contributed by atoms with van der Waals surface area (Å²) in [6.07, 6.45) is 0. The molecule has 0 aromatic heterocycles. The molecular formula is C21H20ClN5O4. The molecule has 1 N–H and O–H groups in total. The molecule has 0 saturated carbocycles. The van der Waals surface area contributed by atoms with E-state index in [2.05, 4.69) is 15.7 Å². The van der Waals surface area contributed by atoms with Crippen LogP contribution in [0.15, 0.2) is 52.8 Å². The molecule has 3 amide bonds. The molecule has 31 heavy (non-hydrogen) atoms. The van der Waals surface area contributed by atoms with Gasteiger partial charge < -0.3 is 10.1 Å². The van der Waals surface area contributed by atoms with Gasteiger partial charge in [-0.3, -0.25) is 19.4 Å². The van der Waals surface area contributed by atoms with Crippen LogP contribution < -0.4 is 15.0 Å². The predicted octanol–water partition coefficient (Wildman–Crippen LogP) is 2.98. The number of imide groups is 1. The number of hydrogen-bond donors (Lipinski definition) is 1. The molecule has 9 nitrogen and oxygen atoms in total. The van der Waals surface area contributed by atoms with E-state index in [1.165, 1.54) is 5.01 Å². The molecule has 160 valence electrons. The zero-order valence-electron chi connectivity index (χ0n) is 16.9. The van der Waals surface area contributed by atoms with Crippen molar-refractivity contribution in [3.8, 4) is 5.75 Å². The van der Waals surface area contributed by atoms with E-state index in [4.69, 9.17) is 16.3 Å². The van der Waals surface area contributed by atoms with Crippen molar-refractivity contribution >= 4 is 40.7 Å². The van der Waals surface area contributed by atoms with Gasteiger partial charge in [-0.05, 0) is 55.8 Å². The molecule has 2 aromatic rings. The Balaban J connectivity index is 1.47.